The molecule has 4 heterocycles. The quantitative estimate of drug-likeness (QED) is 0.185. The number of carbonyl (C=O) groups is 2. The summed E-state index contributed by atoms with van der Waals surface area (Å²) in [5.41, 5.74) is 9.22. The van der Waals surface area contributed by atoms with Crippen LogP contribution in [-0.2, 0) is 4.79 Å². The molecular weight excluding hydrogens is 551 g/mol. The lowest BCUT2D eigenvalue weighted by Crippen LogP contribution is -2.51. The van der Waals surface area contributed by atoms with Gasteiger partial charge in [0.05, 0.1) is 36.0 Å². The summed E-state index contributed by atoms with van der Waals surface area (Å²) in [6.07, 6.45) is 12.3. The van der Waals surface area contributed by atoms with Crippen LogP contribution in [0.3, 0.4) is 0 Å². The third kappa shape index (κ3) is 6.67. The summed E-state index contributed by atoms with van der Waals surface area (Å²) in [5, 5.41) is 12.9. The third-order valence-corrected chi connectivity index (χ3v) is 8.00. The summed E-state index contributed by atoms with van der Waals surface area (Å²) < 4.78 is 17.3. The second-order valence-corrected chi connectivity index (χ2v) is 11.2. The molecule has 2 fully saturated rings. The lowest BCUT2D eigenvalue weighted by atomic mass is 10.1. The summed E-state index contributed by atoms with van der Waals surface area (Å²) >= 11 is 0. The van der Waals surface area contributed by atoms with Crippen LogP contribution in [0.5, 0.6) is 0 Å². The standard InChI is InChI=1S/C30H37FN10O2/c31-23-14-21(30(43)40-12-10-39(11-13-40)19-27(42)33-9-3-1-2-8-32)6-7-24(23)37-28-29-34-17-26(22-15-35-36-16-22)41(29)18-25(38-28)20-4-5-20/h6-7,14-18,20H,1-5,8-13,19,32H2,(H,33,42)(H,35,36)(H,37,38). The Morgan fingerprint density at radius 3 is 2.65 bits per heavy atom. The number of aromatic nitrogens is 5. The number of hydrogen-bond acceptors (Lipinski definition) is 8. The fourth-order valence-corrected chi connectivity index (χ4v) is 5.37. The van der Waals surface area contributed by atoms with Gasteiger partial charge in [-0.2, -0.15) is 5.10 Å². The van der Waals surface area contributed by atoms with Crippen LogP contribution in [-0.4, -0.2) is 92.0 Å². The number of rotatable bonds is 12. The highest BCUT2D eigenvalue weighted by Gasteiger charge is 2.28. The van der Waals surface area contributed by atoms with Crippen molar-refractivity contribution in [3.63, 3.8) is 0 Å². The molecule has 0 bridgehead atoms. The number of amides is 2. The Labute approximate surface area is 248 Å². The maximum atomic E-state index is 15.4. The molecule has 0 spiro atoms. The normalized spacial score (nSPS) is 15.6. The number of halogens is 1. The Kier molecular flexibility index (Phi) is 8.61. The monoisotopic (exact) mass is 588 g/mol. The average molecular weight is 589 g/mol. The lowest BCUT2D eigenvalue weighted by molar-refractivity contribution is -0.122. The van der Waals surface area contributed by atoms with Crippen LogP contribution in [0.4, 0.5) is 15.9 Å². The minimum atomic E-state index is -0.550. The number of benzene rings is 1. The molecule has 1 aliphatic heterocycles. The fourth-order valence-electron chi connectivity index (χ4n) is 5.37. The highest BCUT2D eigenvalue weighted by Crippen LogP contribution is 2.40. The van der Waals surface area contributed by atoms with Crippen molar-refractivity contribution >= 4 is 29.0 Å². The molecule has 0 atom stereocenters. The molecule has 6 rings (SSSR count). The van der Waals surface area contributed by atoms with Crippen molar-refractivity contribution in [1.82, 2.24) is 39.7 Å². The molecule has 5 N–H and O–H groups in total. The van der Waals surface area contributed by atoms with Gasteiger partial charge in [0.25, 0.3) is 5.91 Å². The Hall–Kier alpha value is -4.36. The molecule has 226 valence electrons. The van der Waals surface area contributed by atoms with Crippen molar-refractivity contribution in [2.45, 2.75) is 38.0 Å². The van der Waals surface area contributed by atoms with Crippen LogP contribution >= 0.6 is 0 Å². The van der Waals surface area contributed by atoms with E-state index in [0.717, 1.165) is 49.1 Å². The second-order valence-electron chi connectivity index (χ2n) is 11.2. The molecular formula is C30H37FN10O2. The number of anilines is 2. The van der Waals surface area contributed by atoms with E-state index in [0.29, 0.717) is 63.2 Å². The van der Waals surface area contributed by atoms with Crippen molar-refractivity contribution in [1.29, 1.82) is 0 Å². The van der Waals surface area contributed by atoms with Gasteiger partial charge < -0.3 is 21.3 Å². The van der Waals surface area contributed by atoms with Gasteiger partial charge in [-0.05, 0) is 50.4 Å². The minimum absolute atomic E-state index is 0.0137. The molecule has 0 radical (unpaired) electrons. The van der Waals surface area contributed by atoms with Crippen LogP contribution in [0.2, 0.25) is 0 Å². The molecule has 1 aliphatic carbocycles. The number of hydrogen-bond donors (Lipinski definition) is 4. The molecule has 2 amide bonds. The first-order valence-electron chi connectivity index (χ1n) is 14.9. The first-order chi connectivity index (χ1) is 21.0. The molecule has 43 heavy (non-hydrogen) atoms. The van der Waals surface area contributed by atoms with Crippen molar-refractivity contribution in [2.24, 2.45) is 5.73 Å². The van der Waals surface area contributed by atoms with Crippen molar-refractivity contribution in [3.05, 3.63) is 60.1 Å². The van der Waals surface area contributed by atoms with E-state index >= 15 is 4.39 Å². The zero-order chi connectivity index (χ0) is 29.8. The number of aromatic amines is 1. The zero-order valence-corrected chi connectivity index (χ0v) is 24.1. The Balaban J connectivity index is 1.09. The predicted molar refractivity (Wildman–Crippen MR) is 160 cm³/mol. The van der Waals surface area contributed by atoms with Crippen LogP contribution in [0.15, 0.2) is 43.0 Å². The molecule has 1 saturated heterocycles. The van der Waals surface area contributed by atoms with Crippen LogP contribution < -0.4 is 16.4 Å². The average Bonchev–Trinajstić information content (AvgIpc) is 3.55. The van der Waals surface area contributed by atoms with Crippen molar-refractivity contribution in [3.8, 4) is 11.3 Å². The second kappa shape index (κ2) is 12.9. The van der Waals surface area contributed by atoms with E-state index in [-0.39, 0.29) is 23.1 Å². The van der Waals surface area contributed by atoms with E-state index in [1.165, 1.54) is 6.07 Å². The lowest BCUT2D eigenvalue weighted by Gasteiger charge is -2.34. The van der Waals surface area contributed by atoms with Gasteiger partial charge in [-0.1, -0.05) is 6.42 Å². The first kappa shape index (κ1) is 28.7. The van der Waals surface area contributed by atoms with Gasteiger partial charge in [0.1, 0.15) is 5.82 Å². The summed E-state index contributed by atoms with van der Waals surface area (Å²) in [6.45, 7) is 3.72. The SMILES string of the molecule is NCCCCCNC(=O)CN1CCN(C(=O)c2ccc(Nc3nc(C4CC4)cn4c(-c5cn[nH]c5)cnc34)c(F)c2)CC1. The molecule has 12 nitrogen and oxygen atoms in total. The van der Waals surface area contributed by atoms with Gasteiger partial charge in [0, 0.05) is 62.2 Å². The minimum Gasteiger partial charge on any atom is -0.355 e. The summed E-state index contributed by atoms with van der Waals surface area (Å²) in [5.74, 6) is 0.0263. The number of piperazine rings is 1. The maximum Gasteiger partial charge on any atom is 0.254 e. The van der Waals surface area contributed by atoms with Gasteiger partial charge in [-0.15, -0.1) is 0 Å². The number of unbranched alkanes of at least 4 members (excludes halogenated alkanes) is 2. The largest absolute Gasteiger partial charge is 0.355 e. The van der Waals surface area contributed by atoms with E-state index < -0.39 is 5.82 Å². The topological polar surface area (TPSA) is 150 Å². The zero-order valence-electron chi connectivity index (χ0n) is 24.1. The predicted octanol–water partition coefficient (Wildman–Crippen LogP) is 2.88. The van der Waals surface area contributed by atoms with Gasteiger partial charge >= 0.3 is 0 Å². The van der Waals surface area contributed by atoms with Crippen molar-refractivity contribution < 1.29 is 14.0 Å². The smallest absolute Gasteiger partial charge is 0.254 e. The van der Waals surface area contributed by atoms with E-state index in [4.69, 9.17) is 10.7 Å². The van der Waals surface area contributed by atoms with Gasteiger partial charge in [0.15, 0.2) is 11.5 Å². The van der Waals surface area contributed by atoms with Crippen LogP contribution in [0.1, 0.15) is 54.1 Å². The molecule has 4 aromatic rings. The first-order valence-corrected chi connectivity index (χ1v) is 14.9. The molecule has 3 aromatic heterocycles. The van der Waals surface area contributed by atoms with Gasteiger partial charge in [-0.3, -0.25) is 24.0 Å². The molecule has 13 heteroatoms. The summed E-state index contributed by atoms with van der Waals surface area (Å²) in [7, 11) is 0. The highest BCUT2D eigenvalue weighted by molar-refractivity contribution is 5.95. The Morgan fingerprint density at radius 2 is 1.93 bits per heavy atom. The van der Waals surface area contributed by atoms with Crippen LogP contribution in [0.25, 0.3) is 16.9 Å². The Bertz CT molecular complexity index is 1580. The Morgan fingerprint density at radius 1 is 1.09 bits per heavy atom. The van der Waals surface area contributed by atoms with Crippen molar-refractivity contribution in [2.75, 3.05) is 51.1 Å². The van der Waals surface area contributed by atoms with E-state index in [2.05, 4.69) is 25.8 Å². The highest BCUT2D eigenvalue weighted by atomic mass is 19.1. The van der Waals surface area contributed by atoms with E-state index in [9.17, 15) is 9.59 Å². The molecule has 2 aliphatic rings. The number of carbonyl (C=O) groups excluding carboxylic acids is 2. The number of imidazole rings is 1. The molecule has 1 aromatic carbocycles. The maximum absolute atomic E-state index is 15.4. The summed E-state index contributed by atoms with van der Waals surface area (Å²) in [6, 6.07) is 4.46. The van der Waals surface area contributed by atoms with E-state index in [1.54, 1.807) is 35.6 Å². The number of H-pyrrole nitrogens is 1. The number of fused-ring (bicyclic) bond motifs is 1. The summed E-state index contributed by atoms with van der Waals surface area (Å²) in [4.78, 5) is 38.5. The number of nitrogens with zero attached hydrogens (tertiary/aromatic N) is 6. The molecule has 1 saturated carbocycles. The fraction of sp³-hybridized carbons (Fsp3) is 0.433. The number of nitrogens with one attached hydrogen (secondary N) is 3. The third-order valence-electron chi connectivity index (χ3n) is 8.00. The van der Waals surface area contributed by atoms with E-state index in [1.807, 2.05) is 15.5 Å². The van der Waals surface area contributed by atoms with Crippen LogP contribution in [0, 0.1) is 5.82 Å². The van der Waals surface area contributed by atoms with Gasteiger partial charge in [0.2, 0.25) is 5.91 Å². The molecule has 0 unspecified atom stereocenters. The number of nitrogens with two attached hydrogens (primary N) is 1. The van der Waals surface area contributed by atoms with Gasteiger partial charge in [-0.25, -0.2) is 14.4 Å².